The molecule has 3 nitrogen and oxygen atoms in total. The van der Waals surface area contributed by atoms with E-state index in [1.165, 1.54) is 5.57 Å². The number of aliphatic carboxylic acids is 1. The predicted molar refractivity (Wildman–Crippen MR) is 62.8 cm³/mol. The minimum Gasteiger partial charge on any atom is -0.481 e. The zero-order valence-electron chi connectivity index (χ0n) is 10.1. The summed E-state index contributed by atoms with van der Waals surface area (Å²) in [7, 11) is 0. The first-order chi connectivity index (χ1) is 6.77. The molecule has 0 radical (unpaired) electrons. The van der Waals surface area contributed by atoms with Crippen LogP contribution in [0.1, 0.15) is 40.5 Å². The molecule has 0 rings (SSSR count). The number of rotatable bonds is 4. The van der Waals surface area contributed by atoms with E-state index >= 15 is 0 Å². The summed E-state index contributed by atoms with van der Waals surface area (Å²) in [6.45, 7) is 10.8. The lowest BCUT2D eigenvalue weighted by Gasteiger charge is -2.05. The van der Waals surface area contributed by atoms with Crippen LogP contribution in [0.2, 0.25) is 0 Å². The number of hydrogen-bond acceptors (Lipinski definition) is 2. The van der Waals surface area contributed by atoms with Gasteiger partial charge in [-0.3, -0.25) is 4.79 Å². The van der Waals surface area contributed by atoms with Crippen molar-refractivity contribution in [1.82, 2.24) is 0 Å². The Morgan fingerprint density at radius 1 is 1.40 bits per heavy atom. The van der Waals surface area contributed by atoms with Crippen LogP contribution in [0.4, 0.5) is 0 Å². The van der Waals surface area contributed by atoms with Crippen molar-refractivity contribution >= 4 is 5.97 Å². The Hall–Kier alpha value is -1.09. The van der Waals surface area contributed by atoms with E-state index in [-0.39, 0.29) is 6.10 Å². The monoisotopic (exact) mass is 214 g/mol. The fraction of sp³-hybridized carbons (Fsp3) is 0.583. The average Bonchev–Trinajstić information content (AvgIpc) is 2.01. The highest BCUT2D eigenvalue weighted by Gasteiger charge is 1.99. The first-order valence-corrected chi connectivity index (χ1v) is 4.96. The maximum Gasteiger partial charge on any atom is 0.300 e. The van der Waals surface area contributed by atoms with Crippen molar-refractivity contribution < 1.29 is 15.0 Å². The highest BCUT2D eigenvalue weighted by molar-refractivity contribution is 5.62. The molecule has 0 aliphatic heterocycles. The van der Waals surface area contributed by atoms with Crippen LogP contribution < -0.4 is 0 Å². The number of carbonyl (C=O) groups is 1. The fourth-order valence-electron chi connectivity index (χ4n) is 0.755. The van der Waals surface area contributed by atoms with Crippen LogP contribution in [-0.4, -0.2) is 22.3 Å². The second-order valence-corrected chi connectivity index (χ2v) is 3.67. The Balaban J connectivity index is 0. The van der Waals surface area contributed by atoms with Crippen LogP contribution in [0.3, 0.4) is 0 Å². The smallest absolute Gasteiger partial charge is 0.300 e. The van der Waals surface area contributed by atoms with Crippen LogP contribution in [0.25, 0.3) is 0 Å². The molecule has 88 valence electrons. The van der Waals surface area contributed by atoms with Gasteiger partial charge in [0.25, 0.3) is 5.97 Å². The van der Waals surface area contributed by atoms with Gasteiger partial charge in [0.2, 0.25) is 0 Å². The summed E-state index contributed by atoms with van der Waals surface area (Å²) < 4.78 is 0. The van der Waals surface area contributed by atoms with Gasteiger partial charge < -0.3 is 10.2 Å². The molecule has 0 aromatic heterocycles. The molecule has 3 heteroatoms. The van der Waals surface area contributed by atoms with Gasteiger partial charge in [-0.1, -0.05) is 18.2 Å². The van der Waals surface area contributed by atoms with E-state index < -0.39 is 5.97 Å². The van der Waals surface area contributed by atoms with Crippen molar-refractivity contribution in [3.63, 3.8) is 0 Å². The van der Waals surface area contributed by atoms with Crippen LogP contribution in [0.5, 0.6) is 0 Å². The van der Waals surface area contributed by atoms with Crippen molar-refractivity contribution in [2.24, 2.45) is 0 Å². The number of aliphatic hydroxyl groups is 1. The molecule has 0 saturated heterocycles. The largest absolute Gasteiger partial charge is 0.481 e. The van der Waals surface area contributed by atoms with Crippen LogP contribution in [0.15, 0.2) is 23.8 Å². The molecule has 0 heterocycles. The fourth-order valence-corrected chi connectivity index (χ4v) is 0.755. The summed E-state index contributed by atoms with van der Waals surface area (Å²) in [6, 6.07) is 0. The maximum absolute atomic E-state index is 9.07. The van der Waals surface area contributed by atoms with Crippen molar-refractivity contribution in [1.29, 1.82) is 0 Å². The first-order valence-electron chi connectivity index (χ1n) is 4.96. The van der Waals surface area contributed by atoms with E-state index in [2.05, 4.69) is 26.5 Å². The van der Waals surface area contributed by atoms with E-state index in [0.29, 0.717) is 0 Å². The molecule has 2 N–H and O–H groups in total. The Morgan fingerprint density at radius 2 is 1.80 bits per heavy atom. The third-order valence-corrected chi connectivity index (χ3v) is 1.61. The molecule has 1 unspecified atom stereocenters. The summed E-state index contributed by atoms with van der Waals surface area (Å²) in [4.78, 5) is 9.00. The van der Waals surface area contributed by atoms with Crippen molar-refractivity contribution in [3.05, 3.63) is 23.8 Å². The van der Waals surface area contributed by atoms with Gasteiger partial charge in [-0.15, -0.1) is 0 Å². The molecule has 0 amide bonds. The average molecular weight is 214 g/mol. The Labute approximate surface area is 92.1 Å². The molecule has 1 atom stereocenters. The van der Waals surface area contributed by atoms with E-state index in [1.54, 1.807) is 6.92 Å². The minimum atomic E-state index is -0.833. The molecule has 0 aliphatic rings. The van der Waals surface area contributed by atoms with Gasteiger partial charge in [0, 0.05) is 6.92 Å². The number of aliphatic hydroxyl groups excluding tert-OH is 1. The summed E-state index contributed by atoms with van der Waals surface area (Å²) in [6.07, 6.45) is 3.68. The highest BCUT2D eigenvalue weighted by atomic mass is 16.4. The second kappa shape index (κ2) is 9.46. The van der Waals surface area contributed by atoms with Gasteiger partial charge in [0.05, 0.1) is 6.10 Å². The van der Waals surface area contributed by atoms with Crippen LogP contribution >= 0.6 is 0 Å². The van der Waals surface area contributed by atoms with E-state index in [0.717, 1.165) is 25.3 Å². The Morgan fingerprint density at radius 3 is 2.07 bits per heavy atom. The molecule has 0 saturated carbocycles. The lowest BCUT2D eigenvalue weighted by Crippen LogP contribution is -2.02. The van der Waals surface area contributed by atoms with Gasteiger partial charge in [0.1, 0.15) is 0 Å². The summed E-state index contributed by atoms with van der Waals surface area (Å²) in [5.74, 6) is -0.833. The number of hydrogen-bond donors (Lipinski definition) is 2. The Kier molecular flexibility index (Phi) is 10.3. The molecule has 0 fully saturated rings. The zero-order chi connectivity index (χ0) is 12.4. The third kappa shape index (κ3) is 19.4. The molecule has 0 aromatic carbocycles. The third-order valence-electron chi connectivity index (χ3n) is 1.61. The van der Waals surface area contributed by atoms with Crippen LogP contribution in [0, 0.1) is 0 Å². The molecule has 0 bridgehead atoms. The first kappa shape index (κ1) is 16.3. The zero-order valence-corrected chi connectivity index (χ0v) is 10.1. The second-order valence-electron chi connectivity index (χ2n) is 3.67. The molecular formula is C12H22O3. The summed E-state index contributed by atoms with van der Waals surface area (Å²) in [5.41, 5.74) is 2.24. The molecule has 0 aliphatic carbocycles. The normalized spacial score (nSPS) is 10.7. The van der Waals surface area contributed by atoms with Gasteiger partial charge in [-0.2, -0.15) is 0 Å². The Bertz CT molecular complexity index is 219. The predicted octanol–water partition coefficient (Wildman–Crippen LogP) is 2.76. The highest BCUT2D eigenvalue weighted by Crippen LogP contribution is 2.08. The van der Waals surface area contributed by atoms with E-state index in [9.17, 15) is 0 Å². The molecule has 0 spiro atoms. The molecule has 15 heavy (non-hydrogen) atoms. The number of carboxylic acid groups (broad SMARTS) is 1. The lowest BCUT2D eigenvalue weighted by atomic mass is 10.1. The van der Waals surface area contributed by atoms with E-state index in [4.69, 9.17) is 15.0 Å². The van der Waals surface area contributed by atoms with Crippen molar-refractivity contribution in [2.45, 2.75) is 46.6 Å². The number of allylic oxidation sites excluding steroid dienone is 2. The van der Waals surface area contributed by atoms with Gasteiger partial charge in [0.15, 0.2) is 0 Å². The molecular weight excluding hydrogens is 192 g/mol. The van der Waals surface area contributed by atoms with Gasteiger partial charge >= 0.3 is 0 Å². The standard InChI is InChI=1S/C10H18O.C2H4O2/c1-8(2)6-5-7-9(3)10(4)11;1-2(3)4/h6,10-11H,3,5,7H2,1-2,4H3;1H3,(H,3,4). The summed E-state index contributed by atoms with van der Waals surface area (Å²) >= 11 is 0. The van der Waals surface area contributed by atoms with E-state index in [1.807, 2.05) is 0 Å². The SMILES string of the molecule is C=C(CCC=C(C)C)C(C)O.CC(=O)O. The molecule has 0 aromatic rings. The topological polar surface area (TPSA) is 57.5 Å². The maximum atomic E-state index is 9.07. The van der Waals surface area contributed by atoms with Gasteiger partial charge in [-0.25, -0.2) is 0 Å². The van der Waals surface area contributed by atoms with Crippen molar-refractivity contribution in [2.75, 3.05) is 0 Å². The van der Waals surface area contributed by atoms with Crippen molar-refractivity contribution in [3.8, 4) is 0 Å². The van der Waals surface area contributed by atoms with Crippen LogP contribution in [-0.2, 0) is 4.79 Å². The lowest BCUT2D eigenvalue weighted by molar-refractivity contribution is -0.134. The van der Waals surface area contributed by atoms with Gasteiger partial charge in [-0.05, 0) is 39.2 Å². The quantitative estimate of drug-likeness (QED) is 0.707. The number of carboxylic acids is 1. The summed E-state index contributed by atoms with van der Waals surface area (Å²) in [5, 5.41) is 16.5. The minimum absolute atomic E-state index is 0.361.